The van der Waals surface area contributed by atoms with Gasteiger partial charge in [-0.25, -0.2) is 4.79 Å². The van der Waals surface area contributed by atoms with Crippen molar-refractivity contribution in [1.82, 2.24) is 5.32 Å². The van der Waals surface area contributed by atoms with Crippen molar-refractivity contribution in [1.29, 1.82) is 0 Å². The van der Waals surface area contributed by atoms with E-state index < -0.39 is 6.09 Å². The molecule has 1 rings (SSSR count). The first-order valence-electron chi connectivity index (χ1n) is 4.04. The Balaban J connectivity index is 2.07. The molecule has 6 heteroatoms. The van der Waals surface area contributed by atoms with Gasteiger partial charge < -0.3 is 15.8 Å². The van der Waals surface area contributed by atoms with E-state index in [2.05, 4.69) is 10.1 Å². The molecular weight excluding hydrogens is 224 g/mol. The highest BCUT2D eigenvalue weighted by molar-refractivity contribution is 7.10. The molecule has 0 aliphatic rings. The fourth-order valence-corrected chi connectivity index (χ4v) is 1.92. The molecule has 0 aliphatic heterocycles. The third kappa shape index (κ3) is 4.45. The van der Waals surface area contributed by atoms with Crippen LogP contribution in [0.1, 0.15) is 4.88 Å². The summed E-state index contributed by atoms with van der Waals surface area (Å²) in [5, 5.41) is 5.71. The monoisotopic (exact) mass is 234 g/mol. The first-order chi connectivity index (χ1) is 6.68. The second-order valence-electron chi connectivity index (χ2n) is 2.58. The van der Waals surface area contributed by atoms with Crippen LogP contribution in [0.5, 0.6) is 0 Å². The fourth-order valence-electron chi connectivity index (χ4n) is 0.882. The van der Waals surface area contributed by atoms with Crippen molar-refractivity contribution in [2.75, 3.05) is 13.2 Å². The van der Waals surface area contributed by atoms with Crippen molar-refractivity contribution in [3.8, 4) is 0 Å². The quantitative estimate of drug-likeness (QED) is 0.761. The summed E-state index contributed by atoms with van der Waals surface area (Å²) in [6.07, 6.45) is -0.744. The van der Waals surface area contributed by atoms with Crippen LogP contribution in [0.15, 0.2) is 11.4 Å². The van der Waals surface area contributed by atoms with E-state index in [0.29, 0.717) is 6.54 Å². The van der Waals surface area contributed by atoms with Crippen LogP contribution < -0.4 is 11.1 Å². The van der Waals surface area contributed by atoms with Gasteiger partial charge in [0.2, 0.25) is 0 Å². The van der Waals surface area contributed by atoms with Gasteiger partial charge in [0, 0.05) is 23.3 Å². The molecule has 1 heterocycles. The molecule has 0 saturated carbocycles. The number of ether oxygens (including phenoxy) is 1. The van der Waals surface area contributed by atoms with Crippen LogP contribution in [-0.2, 0) is 11.3 Å². The minimum atomic E-state index is -0.744. The largest absolute Gasteiger partial charge is 0.448 e. The molecule has 14 heavy (non-hydrogen) atoms. The minimum Gasteiger partial charge on any atom is -0.448 e. The Bertz CT molecular complexity index is 303. The molecule has 3 N–H and O–H groups in total. The molecule has 1 aromatic rings. The van der Waals surface area contributed by atoms with Gasteiger partial charge in [-0.05, 0) is 6.07 Å². The molecule has 0 fully saturated rings. The molecular formula is C8H11ClN2O2S. The summed E-state index contributed by atoms with van der Waals surface area (Å²) in [6, 6.07) is 1.90. The number of thiophene rings is 1. The average Bonchev–Trinajstić information content (AvgIpc) is 2.50. The van der Waals surface area contributed by atoms with Crippen LogP contribution >= 0.6 is 22.9 Å². The highest BCUT2D eigenvalue weighted by Gasteiger charge is 1.97. The molecule has 0 bridgehead atoms. The lowest BCUT2D eigenvalue weighted by atomic mass is 10.4. The third-order valence-electron chi connectivity index (χ3n) is 1.44. The predicted octanol–water partition coefficient (Wildman–Crippen LogP) is 1.59. The van der Waals surface area contributed by atoms with Gasteiger partial charge >= 0.3 is 6.09 Å². The standard InChI is InChI=1S/C8H11ClN2O2S/c9-6-3-7(14-5-6)4-11-1-2-13-8(10)12/h3,5,11H,1-2,4H2,(H2,10,12). The number of carbonyl (C=O) groups is 1. The Labute approximate surface area is 91.0 Å². The van der Waals surface area contributed by atoms with Gasteiger partial charge in [-0.3, -0.25) is 0 Å². The van der Waals surface area contributed by atoms with Crippen molar-refractivity contribution in [3.05, 3.63) is 21.3 Å². The van der Waals surface area contributed by atoms with Gasteiger partial charge in [-0.1, -0.05) is 11.6 Å². The topological polar surface area (TPSA) is 64.4 Å². The van der Waals surface area contributed by atoms with Crippen LogP contribution in [0, 0.1) is 0 Å². The lowest BCUT2D eigenvalue weighted by Gasteiger charge is -2.02. The van der Waals surface area contributed by atoms with Gasteiger partial charge in [0.15, 0.2) is 0 Å². The van der Waals surface area contributed by atoms with E-state index in [1.165, 1.54) is 0 Å². The maximum Gasteiger partial charge on any atom is 0.404 e. The van der Waals surface area contributed by atoms with Crippen molar-refractivity contribution < 1.29 is 9.53 Å². The summed E-state index contributed by atoms with van der Waals surface area (Å²) in [4.78, 5) is 11.3. The lowest BCUT2D eigenvalue weighted by Crippen LogP contribution is -2.22. The average molecular weight is 235 g/mol. The second-order valence-corrected chi connectivity index (χ2v) is 4.01. The van der Waals surface area contributed by atoms with Crippen molar-refractivity contribution in [3.63, 3.8) is 0 Å². The molecule has 4 nitrogen and oxygen atoms in total. The van der Waals surface area contributed by atoms with E-state index in [-0.39, 0.29) is 6.61 Å². The Kier molecular flexibility index (Phi) is 4.72. The lowest BCUT2D eigenvalue weighted by molar-refractivity contribution is 0.157. The molecule has 0 aromatic carbocycles. The second kappa shape index (κ2) is 5.85. The van der Waals surface area contributed by atoms with E-state index in [1.807, 2.05) is 11.4 Å². The Hall–Kier alpha value is -0.780. The predicted molar refractivity (Wildman–Crippen MR) is 56.6 cm³/mol. The third-order valence-corrected chi connectivity index (χ3v) is 2.73. The Morgan fingerprint density at radius 1 is 1.71 bits per heavy atom. The molecule has 0 aliphatic carbocycles. The smallest absolute Gasteiger partial charge is 0.404 e. The van der Waals surface area contributed by atoms with Gasteiger partial charge in [0.05, 0.1) is 5.02 Å². The molecule has 1 amide bonds. The molecule has 78 valence electrons. The summed E-state index contributed by atoms with van der Waals surface area (Å²) in [5.41, 5.74) is 4.78. The zero-order chi connectivity index (χ0) is 10.4. The summed E-state index contributed by atoms with van der Waals surface area (Å²) >= 11 is 7.33. The number of nitrogens with two attached hydrogens (primary N) is 1. The van der Waals surface area contributed by atoms with Gasteiger partial charge in [0.1, 0.15) is 6.61 Å². The summed E-state index contributed by atoms with van der Waals surface area (Å²) in [5.74, 6) is 0. The molecule has 0 radical (unpaired) electrons. The van der Waals surface area contributed by atoms with Gasteiger partial charge in [0.25, 0.3) is 0 Å². The summed E-state index contributed by atoms with van der Waals surface area (Å²) < 4.78 is 4.54. The number of primary amides is 1. The first kappa shape index (κ1) is 11.3. The number of carbonyl (C=O) groups excluding carboxylic acids is 1. The highest BCUT2D eigenvalue weighted by atomic mass is 35.5. The summed E-state index contributed by atoms with van der Waals surface area (Å²) in [7, 11) is 0. The highest BCUT2D eigenvalue weighted by Crippen LogP contribution is 2.18. The van der Waals surface area contributed by atoms with Crippen molar-refractivity contribution in [2.24, 2.45) is 5.73 Å². The number of halogens is 1. The van der Waals surface area contributed by atoms with Crippen LogP contribution in [0.4, 0.5) is 4.79 Å². The molecule has 0 unspecified atom stereocenters. The number of rotatable bonds is 5. The van der Waals surface area contributed by atoms with E-state index in [0.717, 1.165) is 16.4 Å². The molecule has 0 saturated heterocycles. The zero-order valence-corrected chi connectivity index (χ0v) is 9.03. The molecule has 0 spiro atoms. The van der Waals surface area contributed by atoms with Crippen LogP contribution in [-0.4, -0.2) is 19.2 Å². The maximum atomic E-state index is 10.2. The van der Waals surface area contributed by atoms with Crippen LogP contribution in [0.2, 0.25) is 5.02 Å². The minimum absolute atomic E-state index is 0.286. The van der Waals surface area contributed by atoms with Gasteiger partial charge in [-0.15, -0.1) is 11.3 Å². The number of hydrogen-bond acceptors (Lipinski definition) is 4. The van der Waals surface area contributed by atoms with E-state index in [9.17, 15) is 4.79 Å². The normalized spacial score (nSPS) is 10.1. The molecule has 1 aromatic heterocycles. The van der Waals surface area contributed by atoms with Crippen LogP contribution in [0.25, 0.3) is 0 Å². The number of hydrogen-bond donors (Lipinski definition) is 2. The van der Waals surface area contributed by atoms with Crippen molar-refractivity contribution in [2.45, 2.75) is 6.54 Å². The SMILES string of the molecule is NC(=O)OCCNCc1cc(Cl)cs1. The Morgan fingerprint density at radius 3 is 3.07 bits per heavy atom. The maximum absolute atomic E-state index is 10.2. The van der Waals surface area contributed by atoms with E-state index in [1.54, 1.807) is 11.3 Å². The number of amides is 1. The van der Waals surface area contributed by atoms with E-state index >= 15 is 0 Å². The first-order valence-corrected chi connectivity index (χ1v) is 5.30. The number of nitrogens with one attached hydrogen (secondary N) is 1. The van der Waals surface area contributed by atoms with Crippen molar-refractivity contribution >= 4 is 29.0 Å². The van der Waals surface area contributed by atoms with E-state index in [4.69, 9.17) is 17.3 Å². The van der Waals surface area contributed by atoms with Gasteiger partial charge in [-0.2, -0.15) is 0 Å². The molecule has 0 atom stereocenters. The Morgan fingerprint density at radius 2 is 2.50 bits per heavy atom. The zero-order valence-electron chi connectivity index (χ0n) is 7.46. The fraction of sp³-hybridized carbons (Fsp3) is 0.375. The van der Waals surface area contributed by atoms with Crippen LogP contribution in [0.3, 0.4) is 0 Å². The summed E-state index contributed by atoms with van der Waals surface area (Å²) in [6.45, 7) is 1.59.